The summed E-state index contributed by atoms with van der Waals surface area (Å²) >= 11 is 6.01. The van der Waals surface area contributed by atoms with Crippen molar-refractivity contribution in [1.29, 1.82) is 0 Å². The minimum Gasteiger partial charge on any atom is -0.310 e. The van der Waals surface area contributed by atoms with Crippen molar-refractivity contribution in [1.82, 2.24) is 15.1 Å². The standard InChI is InChI=1S/C15H18ClN3/c1-11-13(8-17-15-5-6-15)9-18-19(11)10-12-3-2-4-14(16)7-12/h2-4,7,9,15,17H,5-6,8,10H2,1H3. The Hall–Kier alpha value is -1.32. The van der Waals surface area contributed by atoms with E-state index in [9.17, 15) is 0 Å². The second-order valence-corrected chi connectivity index (χ2v) is 5.63. The van der Waals surface area contributed by atoms with Gasteiger partial charge in [-0.3, -0.25) is 4.68 Å². The fourth-order valence-electron chi connectivity index (χ4n) is 2.17. The molecule has 0 unspecified atom stereocenters. The number of rotatable bonds is 5. The monoisotopic (exact) mass is 275 g/mol. The third-order valence-corrected chi connectivity index (χ3v) is 3.82. The van der Waals surface area contributed by atoms with Crippen LogP contribution in [-0.2, 0) is 13.1 Å². The van der Waals surface area contributed by atoms with Gasteiger partial charge in [0.2, 0.25) is 0 Å². The van der Waals surface area contributed by atoms with E-state index in [1.807, 2.05) is 29.1 Å². The van der Waals surface area contributed by atoms with Gasteiger partial charge in [-0.1, -0.05) is 23.7 Å². The van der Waals surface area contributed by atoms with E-state index in [1.54, 1.807) is 0 Å². The molecule has 1 N–H and O–H groups in total. The number of aromatic nitrogens is 2. The topological polar surface area (TPSA) is 29.9 Å². The Morgan fingerprint density at radius 3 is 3.00 bits per heavy atom. The second-order valence-electron chi connectivity index (χ2n) is 5.20. The molecule has 4 heteroatoms. The van der Waals surface area contributed by atoms with Gasteiger partial charge in [0.25, 0.3) is 0 Å². The molecule has 1 fully saturated rings. The Bertz CT molecular complexity index is 573. The van der Waals surface area contributed by atoms with Gasteiger partial charge in [0.15, 0.2) is 0 Å². The molecule has 1 heterocycles. The van der Waals surface area contributed by atoms with Crippen LogP contribution in [0.2, 0.25) is 5.02 Å². The van der Waals surface area contributed by atoms with Gasteiger partial charge in [0.1, 0.15) is 0 Å². The smallest absolute Gasteiger partial charge is 0.0663 e. The first-order valence-electron chi connectivity index (χ1n) is 6.71. The molecule has 1 saturated carbocycles. The third kappa shape index (κ3) is 3.17. The van der Waals surface area contributed by atoms with Gasteiger partial charge < -0.3 is 5.32 Å². The summed E-state index contributed by atoms with van der Waals surface area (Å²) in [6.07, 6.45) is 4.60. The van der Waals surface area contributed by atoms with Crippen LogP contribution in [0.25, 0.3) is 0 Å². The lowest BCUT2D eigenvalue weighted by atomic mass is 10.2. The summed E-state index contributed by atoms with van der Waals surface area (Å²) in [6, 6.07) is 8.67. The SMILES string of the molecule is Cc1c(CNC2CC2)cnn1Cc1cccc(Cl)c1. The molecule has 0 saturated heterocycles. The number of nitrogens with one attached hydrogen (secondary N) is 1. The van der Waals surface area contributed by atoms with Gasteiger partial charge in [-0.05, 0) is 37.5 Å². The second kappa shape index (κ2) is 5.35. The zero-order valence-corrected chi connectivity index (χ0v) is 11.8. The summed E-state index contributed by atoms with van der Waals surface area (Å²) in [6.45, 7) is 3.82. The maximum Gasteiger partial charge on any atom is 0.0663 e. The quantitative estimate of drug-likeness (QED) is 0.908. The molecule has 3 nitrogen and oxygen atoms in total. The summed E-state index contributed by atoms with van der Waals surface area (Å²) in [7, 11) is 0. The fourth-order valence-corrected chi connectivity index (χ4v) is 2.38. The maximum atomic E-state index is 6.01. The van der Waals surface area contributed by atoms with Crippen molar-refractivity contribution in [2.45, 2.75) is 38.9 Å². The van der Waals surface area contributed by atoms with Gasteiger partial charge in [0, 0.05) is 28.9 Å². The van der Waals surface area contributed by atoms with Gasteiger partial charge in [-0.15, -0.1) is 0 Å². The zero-order valence-electron chi connectivity index (χ0n) is 11.1. The molecule has 0 amide bonds. The highest BCUT2D eigenvalue weighted by Gasteiger charge is 2.20. The largest absolute Gasteiger partial charge is 0.310 e. The molecule has 0 spiro atoms. The number of benzene rings is 1. The minimum atomic E-state index is 0.732. The van der Waals surface area contributed by atoms with Crippen LogP contribution in [0.5, 0.6) is 0 Å². The van der Waals surface area contributed by atoms with Gasteiger partial charge in [-0.2, -0.15) is 5.10 Å². The van der Waals surface area contributed by atoms with Crippen LogP contribution in [0.4, 0.5) is 0 Å². The van der Waals surface area contributed by atoms with E-state index in [-0.39, 0.29) is 0 Å². The summed E-state index contributed by atoms with van der Waals surface area (Å²) in [5.41, 5.74) is 3.70. The average Bonchev–Trinajstić information content (AvgIpc) is 3.15. The predicted molar refractivity (Wildman–Crippen MR) is 77.4 cm³/mol. The minimum absolute atomic E-state index is 0.732. The van der Waals surface area contributed by atoms with Crippen LogP contribution in [0, 0.1) is 6.92 Å². The number of halogens is 1. The molecule has 1 aromatic carbocycles. The Morgan fingerprint density at radius 2 is 2.26 bits per heavy atom. The molecule has 1 aliphatic carbocycles. The first-order chi connectivity index (χ1) is 9.22. The zero-order chi connectivity index (χ0) is 13.2. The number of nitrogens with zero attached hydrogens (tertiary/aromatic N) is 2. The van der Waals surface area contributed by atoms with E-state index >= 15 is 0 Å². The van der Waals surface area contributed by atoms with E-state index in [1.165, 1.54) is 29.7 Å². The van der Waals surface area contributed by atoms with Crippen molar-refractivity contribution >= 4 is 11.6 Å². The van der Waals surface area contributed by atoms with Gasteiger partial charge in [0.05, 0.1) is 12.7 Å². The van der Waals surface area contributed by atoms with Crippen molar-refractivity contribution in [3.05, 3.63) is 52.3 Å². The van der Waals surface area contributed by atoms with E-state index in [4.69, 9.17) is 11.6 Å². The molecule has 3 rings (SSSR count). The van der Waals surface area contributed by atoms with E-state index in [2.05, 4.69) is 23.4 Å². The molecule has 0 radical (unpaired) electrons. The van der Waals surface area contributed by atoms with Crippen LogP contribution in [0.3, 0.4) is 0 Å². The molecule has 100 valence electrons. The van der Waals surface area contributed by atoms with Crippen LogP contribution in [0.15, 0.2) is 30.5 Å². The Balaban J connectivity index is 1.70. The van der Waals surface area contributed by atoms with Gasteiger partial charge >= 0.3 is 0 Å². The van der Waals surface area contributed by atoms with E-state index < -0.39 is 0 Å². The highest BCUT2D eigenvalue weighted by atomic mass is 35.5. The molecular weight excluding hydrogens is 258 g/mol. The highest BCUT2D eigenvalue weighted by Crippen LogP contribution is 2.20. The van der Waals surface area contributed by atoms with Crippen molar-refractivity contribution < 1.29 is 0 Å². The average molecular weight is 276 g/mol. The first-order valence-corrected chi connectivity index (χ1v) is 7.09. The lowest BCUT2D eigenvalue weighted by Crippen LogP contribution is -2.15. The van der Waals surface area contributed by atoms with E-state index in [0.717, 1.165) is 24.2 Å². The molecule has 0 atom stereocenters. The Kier molecular flexibility index (Phi) is 3.58. The number of hydrogen-bond donors (Lipinski definition) is 1. The Labute approximate surface area is 118 Å². The maximum absolute atomic E-state index is 6.01. The molecule has 19 heavy (non-hydrogen) atoms. The fraction of sp³-hybridized carbons (Fsp3) is 0.400. The lowest BCUT2D eigenvalue weighted by molar-refractivity contribution is 0.654. The summed E-state index contributed by atoms with van der Waals surface area (Å²) in [4.78, 5) is 0. The Morgan fingerprint density at radius 1 is 1.42 bits per heavy atom. The van der Waals surface area contributed by atoms with Crippen LogP contribution in [-0.4, -0.2) is 15.8 Å². The molecule has 1 aliphatic rings. The normalized spacial score (nSPS) is 14.8. The summed E-state index contributed by atoms with van der Waals surface area (Å²) in [5, 5.41) is 8.77. The molecule has 0 aliphatic heterocycles. The number of hydrogen-bond acceptors (Lipinski definition) is 2. The van der Waals surface area contributed by atoms with Crippen LogP contribution < -0.4 is 5.32 Å². The van der Waals surface area contributed by atoms with E-state index in [0.29, 0.717) is 0 Å². The molecule has 0 bridgehead atoms. The highest BCUT2D eigenvalue weighted by molar-refractivity contribution is 6.30. The van der Waals surface area contributed by atoms with Crippen molar-refractivity contribution in [2.24, 2.45) is 0 Å². The molecule has 1 aromatic heterocycles. The lowest BCUT2D eigenvalue weighted by Gasteiger charge is -2.07. The summed E-state index contributed by atoms with van der Waals surface area (Å²) in [5.74, 6) is 0. The summed E-state index contributed by atoms with van der Waals surface area (Å²) < 4.78 is 2.04. The van der Waals surface area contributed by atoms with Crippen LogP contribution >= 0.6 is 11.6 Å². The molecule has 2 aromatic rings. The first kappa shape index (κ1) is 12.7. The third-order valence-electron chi connectivity index (χ3n) is 3.58. The van der Waals surface area contributed by atoms with Crippen molar-refractivity contribution in [3.63, 3.8) is 0 Å². The van der Waals surface area contributed by atoms with Crippen LogP contribution in [0.1, 0.15) is 29.7 Å². The molecular formula is C15H18ClN3. The van der Waals surface area contributed by atoms with Crippen molar-refractivity contribution in [3.8, 4) is 0 Å². The predicted octanol–water partition coefficient (Wildman–Crippen LogP) is 3.15. The van der Waals surface area contributed by atoms with Crippen molar-refractivity contribution in [2.75, 3.05) is 0 Å². The van der Waals surface area contributed by atoms with Gasteiger partial charge in [-0.25, -0.2) is 0 Å².